The molecule has 140 valence electrons. The summed E-state index contributed by atoms with van der Waals surface area (Å²) in [6.07, 6.45) is 2.48. The number of carbonyl (C=O) groups excluding carboxylic acids is 1. The fraction of sp³-hybridized carbons (Fsp3) is 0.476. The van der Waals surface area contributed by atoms with Crippen LogP contribution in [0.4, 0.5) is 0 Å². The SMILES string of the molecule is CCN(Cc1ccccc1)C(=O)CN(Cc1cccs1)CC1CCCO1. The predicted octanol–water partition coefficient (Wildman–Crippen LogP) is 3.78. The third kappa shape index (κ3) is 5.66. The lowest BCUT2D eigenvalue weighted by Crippen LogP contribution is -2.42. The number of rotatable bonds is 9. The van der Waals surface area contributed by atoms with Crippen LogP contribution in [-0.4, -0.2) is 48.1 Å². The van der Waals surface area contributed by atoms with Crippen LogP contribution in [0.1, 0.15) is 30.2 Å². The summed E-state index contributed by atoms with van der Waals surface area (Å²) in [5.74, 6) is 0.186. The Morgan fingerprint density at radius 1 is 1.19 bits per heavy atom. The summed E-state index contributed by atoms with van der Waals surface area (Å²) >= 11 is 1.75. The van der Waals surface area contributed by atoms with Gasteiger partial charge in [-0.1, -0.05) is 36.4 Å². The van der Waals surface area contributed by atoms with E-state index in [1.54, 1.807) is 11.3 Å². The normalized spacial score (nSPS) is 16.9. The van der Waals surface area contributed by atoms with Gasteiger partial charge in [-0.2, -0.15) is 0 Å². The predicted molar refractivity (Wildman–Crippen MR) is 106 cm³/mol. The van der Waals surface area contributed by atoms with Gasteiger partial charge in [-0.25, -0.2) is 0 Å². The molecule has 1 saturated heterocycles. The zero-order valence-electron chi connectivity index (χ0n) is 15.5. The van der Waals surface area contributed by atoms with E-state index in [0.29, 0.717) is 13.1 Å². The average molecular weight is 373 g/mol. The minimum absolute atomic E-state index is 0.186. The van der Waals surface area contributed by atoms with Gasteiger partial charge in [0.05, 0.1) is 12.6 Å². The van der Waals surface area contributed by atoms with Gasteiger partial charge in [-0.3, -0.25) is 9.69 Å². The van der Waals surface area contributed by atoms with Crippen molar-refractivity contribution in [1.29, 1.82) is 0 Å². The van der Waals surface area contributed by atoms with Crippen LogP contribution in [0.15, 0.2) is 47.8 Å². The number of ether oxygens (including phenoxy) is 1. The molecule has 0 saturated carbocycles. The summed E-state index contributed by atoms with van der Waals surface area (Å²) in [5, 5.41) is 2.09. The van der Waals surface area contributed by atoms with Crippen molar-refractivity contribution < 1.29 is 9.53 Å². The molecule has 2 heterocycles. The zero-order chi connectivity index (χ0) is 18.2. The monoisotopic (exact) mass is 372 g/mol. The van der Waals surface area contributed by atoms with Gasteiger partial charge < -0.3 is 9.64 Å². The average Bonchev–Trinajstić information content (AvgIpc) is 3.34. The summed E-state index contributed by atoms with van der Waals surface area (Å²) < 4.78 is 5.80. The van der Waals surface area contributed by atoms with Crippen molar-refractivity contribution in [1.82, 2.24) is 9.80 Å². The molecule has 1 aromatic heterocycles. The molecule has 0 radical (unpaired) electrons. The van der Waals surface area contributed by atoms with Crippen LogP contribution in [0.25, 0.3) is 0 Å². The molecule has 2 aromatic rings. The van der Waals surface area contributed by atoms with Crippen LogP contribution in [0.5, 0.6) is 0 Å². The molecule has 1 aliphatic heterocycles. The summed E-state index contributed by atoms with van der Waals surface area (Å²) in [4.78, 5) is 18.4. The van der Waals surface area contributed by atoms with Crippen LogP contribution in [0.3, 0.4) is 0 Å². The smallest absolute Gasteiger partial charge is 0.237 e. The lowest BCUT2D eigenvalue weighted by Gasteiger charge is -2.28. The second kappa shape index (κ2) is 9.86. The topological polar surface area (TPSA) is 32.8 Å². The van der Waals surface area contributed by atoms with Crippen LogP contribution in [-0.2, 0) is 22.6 Å². The highest BCUT2D eigenvalue weighted by Crippen LogP contribution is 2.17. The first-order valence-corrected chi connectivity index (χ1v) is 10.3. The van der Waals surface area contributed by atoms with E-state index in [2.05, 4.69) is 34.5 Å². The van der Waals surface area contributed by atoms with Crippen molar-refractivity contribution in [2.75, 3.05) is 26.2 Å². The second-order valence-corrected chi connectivity index (χ2v) is 7.81. The van der Waals surface area contributed by atoms with E-state index in [-0.39, 0.29) is 12.0 Å². The lowest BCUT2D eigenvalue weighted by atomic mass is 10.2. The number of amides is 1. The van der Waals surface area contributed by atoms with Crippen LogP contribution in [0, 0.1) is 0 Å². The number of nitrogens with zero attached hydrogens (tertiary/aromatic N) is 2. The van der Waals surface area contributed by atoms with E-state index in [1.165, 1.54) is 10.4 Å². The molecule has 0 aliphatic carbocycles. The van der Waals surface area contributed by atoms with Crippen molar-refractivity contribution in [3.05, 3.63) is 58.3 Å². The van der Waals surface area contributed by atoms with E-state index in [1.807, 2.05) is 30.0 Å². The molecule has 0 spiro atoms. The van der Waals surface area contributed by atoms with Crippen molar-refractivity contribution in [3.63, 3.8) is 0 Å². The Bertz CT molecular complexity index is 654. The molecule has 5 heteroatoms. The van der Waals surface area contributed by atoms with Crippen LogP contribution < -0.4 is 0 Å². The molecular weight excluding hydrogens is 344 g/mol. The summed E-state index contributed by atoms with van der Waals surface area (Å²) in [7, 11) is 0. The first-order valence-electron chi connectivity index (χ1n) is 9.42. The molecule has 1 aromatic carbocycles. The maximum Gasteiger partial charge on any atom is 0.237 e. The lowest BCUT2D eigenvalue weighted by molar-refractivity contribution is -0.133. The fourth-order valence-corrected chi connectivity index (χ4v) is 4.10. The van der Waals surface area contributed by atoms with E-state index in [9.17, 15) is 4.79 Å². The maximum atomic E-state index is 12.9. The van der Waals surface area contributed by atoms with Crippen LogP contribution in [0.2, 0.25) is 0 Å². The minimum Gasteiger partial charge on any atom is -0.377 e. The zero-order valence-corrected chi connectivity index (χ0v) is 16.3. The number of hydrogen-bond acceptors (Lipinski definition) is 4. The Balaban J connectivity index is 1.62. The number of likely N-dealkylation sites (N-methyl/N-ethyl adjacent to an activating group) is 1. The first-order chi connectivity index (χ1) is 12.7. The van der Waals surface area contributed by atoms with Gasteiger partial charge in [0, 0.05) is 37.7 Å². The maximum absolute atomic E-state index is 12.9. The molecule has 1 fully saturated rings. The van der Waals surface area contributed by atoms with Gasteiger partial charge in [0.1, 0.15) is 0 Å². The highest BCUT2D eigenvalue weighted by atomic mass is 32.1. The first kappa shape index (κ1) is 19.1. The van der Waals surface area contributed by atoms with E-state index < -0.39 is 0 Å². The molecule has 3 rings (SSSR count). The summed E-state index contributed by atoms with van der Waals surface area (Å²) in [5.41, 5.74) is 1.17. The number of thiophene rings is 1. The van der Waals surface area contributed by atoms with Crippen molar-refractivity contribution in [3.8, 4) is 0 Å². The Hall–Kier alpha value is -1.69. The third-order valence-electron chi connectivity index (χ3n) is 4.75. The number of hydrogen-bond donors (Lipinski definition) is 0. The molecule has 26 heavy (non-hydrogen) atoms. The van der Waals surface area contributed by atoms with E-state index in [4.69, 9.17) is 4.74 Å². The summed E-state index contributed by atoms with van der Waals surface area (Å²) in [6.45, 7) is 6.37. The molecule has 0 bridgehead atoms. The van der Waals surface area contributed by atoms with E-state index >= 15 is 0 Å². The standard InChI is InChI=1S/C21H28N2O2S/c1-2-23(14-18-8-4-3-5-9-18)21(24)17-22(15-19-10-6-12-25-19)16-20-11-7-13-26-20/h3-5,7-9,11,13,19H,2,6,10,12,14-17H2,1H3. The highest BCUT2D eigenvalue weighted by molar-refractivity contribution is 7.09. The minimum atomic E-state index is 0.186. The highest BCUT2D eigenvalue weighted by Gasteiger charge is 2.23. The van der Waals surface area contributed by atoms with Crippen molar-refractivity contribution >= 4 is 17.2 Å². The van der Waals surface area contributed by atoms with Crippen LogP contribution >= 0.6 is 11.3 Å². The molecule has 0 N–H and O–H groups in total. The molecule has 1 atom stereocenters. The Kier molecular flexibility index (Phi) is 7.23. The number of benzene rings is 1. The third-order valence-corrected chi connectivity index (χ3v) is 5.62. The molecule has 1 unspecified atom stereocenters. The Morgan fingerprint density at radius 3 is 2.69 bits per heavy atom. The molecule has 4 nitrogen and oxygen atoms in total. The molecular formula is C21H28N2O2S. The van der Waals surface area contributed by atoms with Gasteiger partial charge in [0.2, 0.25) is 5.91 Å². The molecule has 1 aliphatic rings. The summed E-state index contributed by atoms with van der Waals surface area (Å²) in [6, 6.07) is 14.4. The van der Waals surface area contributed by atoms with Gasteiger partial charge in [0.25, 0.3) is 0 Å². The van der Waals surface area contributed by atoms with Crippen molar-refractivity contribution in [2.24, 2.45) is 0 Å². The van der Waals surface area contributed by atoms with Gasteiger partial charge in [0.15, 0.2) is 0 Å². The van der Waals surface area contributed by atoms with Gasteiger partial charge in [-0.15, -0.1) is 11.3 Å². The number of carbonyl (C=O) groups is 1. The van der Waals surface area contributed by atoms with E-state index in [0.717, 1.165) is 39.1 Å². The Morgan fingerprint density at radius 2 is 2.04 bits per heavy atom. The largest absolute Gasteiger partial charge is 0.377 e. The fourth-order valence-electron chi connectivity index (χ4n) is 3.36. The quantitative estimate of drug-likeness (QED) is 0.672. The second-order valence-electron chi connectivity index (χ2n) is 6.78. The van der Waals surface area contributed by atoms with Crippen molar-refractivity contribution in [2.45, 2.75) is 39.0 Å². The molecule has 1 amide bonds. The van der Waals surface area contributed by atoms with Gasteiger partial charge in [-0.05, 0) is 36.8 Å². The Labute approximate surface area is 160 Å². The van der Waals surface area contributed by atoms with Gasteiger partial charge >= 0.3 is 0 Å².